The molecule has 130 valence electrons. The van der Waals surface area contributed by atoms with E-state index in [0.717, 1.165) is 31.7 Å². The molecule has 0 saturated carbocycles. The molecule has 1 aromatic carbocycles. The van der Waals surface area contributed by atoms with Crippen molar-refractivity contribution in [1.82, 2.24) is 14.9 Å². The number of imidazole rings is 1. The number of benzene rings is 1. The molecule has 1 fully saturated rings. The van der Waals surface area contributed by atoms with Crippen LogP contribution in [0.2, 0.25) is 0 Å². The maximum absolute atomic E-state index is 6.06. The molecule has 0 radical (unpaired) electrons. The van der Waals surface area contributed by atoms with Gasteiger partial charge >= 0.3 is 0 Å². The van der Waals surface area contributed by atoms with Crippen molar-refractivity contribution < 1.29 is 9.47 Å². The third-order valence-corrected chi connectivity index (χ3v) is 4.58. The normalized spacial score (nSPS) is 22.4. The first-order valence-electron chi connectivity index (χ1n) is 8.65. The lowest BCUT2D eigenvalue weighted by molar-refractivity contribution is -0.0231. The third kappa shape index (κ3) is 4.23. The topological polar surface area (TPSA) is 48.3 Å². The molecule has 3 atom stereocenters. The molecule has 1 aliphatic rings. The summed E-state index contributed by atoms with van der Waals surface area (Å²) in [4.78, 5) is 4.49. The summed E-state index contributed by atoms with van der Waals surface area (Å²) in [5.41, 5.74) is 1.32. The molecule has 3 rings (SSSR count). The van der Waals surface area contributed by atoms with E-state index >= 15 is 0 Å². The molecule has 0 unspecified atom stereocenters. The van der Waals surface area contributed by atoms with E-state index in [2.05, 4.69) is 34.6 Å². The van der Waals surface area contributed by atoms with Crippen LogP contribution >= 0.6 is 0 Å². The molecule has 5 nitrogen and oxygen atoms in total. The average Bonchev–Trinajstić information content (AvgIpc) is 3.02. The molecule has 2 heterocycles. The van der Waals surface area contributed by atoms with Crippen molar-refractivity contribution in [2.45, 2.75) is 37.5 Å². The summed E-state index contributed by atoms with van der Waals surface area (Å²) < 4.78 is 13.6. The van der Waals surface area contributed by atoms with Crippen molar-refractivity contribution in [1.29, 1.82) is 0 Å². The van der Waals surface area contributed by atoms with Crippen LogP contribution in [0.1, 0.15) is 30.3 Å². The quantitative estimate of drug-likeness (QED) is 0.848. The van der Waals surface area contributed by atoms with Gasteiger partial charge in [0.05, 0.1) is 6.61 Å². The van der Waals surface area contributed by atoms with Gasteiger partial charge in [0, 0.05) is 45.2 Å². The molecule has 0 spiro atoms. The summed E-state index contributed by atoms with van der Waals surface area (Å²) in [7, 11) is 3.78. The van der Waals surface area contributed by atoms with Crippen LogP contribution in [0.25, 0.3) is 0 Å². The Morgan fingerprint density at radius 1 is 1.38 bits per heavy atom. The largest absolute Gasteiger partial charge is 0.383 e. The van der Waals surface area contributed by atoms with Gasteiger partial charge in [0.1, 0.15) is 11.9 Å². The maximum atomic E-state index is 6.06. The van der Waals surface area contributed by atoms with Crippen LogP contribution in [0.15, 0.2) is 42.7 Å². The van der Waals surface area contributed by atoms with E-state index in [4.69, 9.17) is 9.47 Å². The summed E-state index contributed by atoms with van der Waals surface area (Å²) in [6.45, 7) is 1.47. The minimum Gasteiger partial charge on any atom is -0.383 e. The van der Waals surface area contributed by atoms with Gasteiger partial charge in [-0.05, 0) is 24.8 Å². The number of ether oxygens (including phenoxy) is 2. The van der Waals surface area contributed by atoms with Gasteiger partial charge in [-0.3, -0.25) is 0 Å². The number of hydrogen-bond donors (Lipinski definition) is 1. The number of nitrogens with zero attached hydrogens (tertiary/aromatic N) is 2. The first-order chi connectivity index (χ1) is 11.8. The number of nitrogens with one attached hydrogen (secondary N) is 1. The minimum absolute atomic E-state index is 0.00567. The van der Waals surface area contributed by atoms with Crippen molar-refractivity contribution in [3.05, 3.63) is 54.1 Å². The molecule has 0 bridgehead atoms. The predicted octanol–water partition coefficient (Wildman–Crippen LogP) is 2.49. The Morgan fingerprint density at radius 2 is 2.21 bits per heavy atom. The van der Waals surface area contributed by atoms with E-state index in [1.807, 2.05) is 30.1 Å². The van der Waals surface area contributed by atoms with Gasteiger partial charge in [-0.25, -0.2) is 4.98 Å². The van der Waals surface area contributed by atoms with Gasteiger partial charge in [0.15, 0.2) is 0 Å². The predicted molar refractivity (Wildman–Crippen MR) is 93.9 cm³/mol. The third-order valence-electron chi connectivity index (χ3n) is 4.58. The lowest BCUT2D eigenvalue weighted by Gasteiger charge is -2.35. The Labute approximate surface area is 144 Å². The smallest absolute Gasteiger partial charge is 0.139 e. The highest BCUT2D eigenvalue weighted by molar-refractivity contribution is 5.16. The molecular weight excluding hydrogens is 302 g/mol. The summed E-state index contributed by atoms with van der Waals surface area (Å²) in [6.07, 6.45) is 6.91. The van der Waals surface area contributed by atoms with Gasteiger partial charge < -0.3 is 19.4 Å². The van der Waals surface area contributed by atoms with Crippen molar-refractivity contribution in [3.63, 3.8) is 0 Å². The fourth-order valence-corrected chi connectivity index (χ4v) is 3.43. The zero-order valence-electron chi connectivity index (χ0n) is 14.5. The fourth-order valence-electron chi connectivity index (χ4n) is 3.43. The number of aromatic nitrogens is 2. The van der Waals surface area contributed by atoms with Crippen LogP contribution in [0.5, 0.6) is 0 Å². The second kappa shape index (κ2) is 8.42. The van der Waals surface area contributed by atoms with Gasteiger partial charge in [-0.2, -0.15) is 0 Å². The molecule has 0 amide bonds. The van der Waals surface area contributed by atoms with E-state index < -0.39 is 0 Å². The summed E-state index contributed by atoms with van der Waals surface area (Å²) in [6, 6.07) is 11.1. The molecule has 2 aromatic rings. The second-order valence-corrected chi connectivity index (χ2v) is 6.45. The summed E-state index contributed by atoms with van der Waals surface area (Å²) in [5, 5.41) is 3.77. The van der Waals surface area contributed by atoms with Crippen molar-refractivity contribution in [2.75, 3.05) is 20.3 Å². The van der Waals surface area contributed by atoms with Crippen molar-refractivity contribution >= 4 is 0 Å². The Morgan fingerprint density at radius 3 is 2.92 bits per heavy atom. The zero-order valence-corrected chi connectivity index (χ0v) is 14.5. The number of aryl methyl sites for hydroxylation is 1. The van der Waals surface area contributed by atoms with Crippen LogP contribution < -0.4 is 5.32 Å². The van der Waals surface area contributed by atoms with E-state index in [9.17, 15) is 0 Å². The highest BCUT2D eigenvalue weighted by Crippen LogP contribution is 2.27. The van der Waals surface area contributed by atoms with Crippen LogP contribution in [0, 0.1) is 0 Å². The molecule has 1 saturated heterocycles. The van der Waals surface area contributed by atoms with Gasteiger partial charge in [0.25, 0.3) is 0 Å². The Balaban J connectivity index is 1.70. The number of rotatable bonds is 7. The van der Waals surface area contributed by atoms with Crippen molar-refractivity contribution in [3.8, 4) is 0 Å². The Bertz CT molecular complexity index is 614. The fraction of sp³-hybridized carbons (Fsp3) is 0.526. The molecular formula is C19H27N3O2. The summed E-state index contributed by atoms with van der Waals surface area (Å²) in [5.74, 6) is 0.989. The van der Waals surface area contributed by atoms with Crippen LogP contribution in [-0.2, 0) is 22.9 Å². The van der Waals surface area contributed by atoms with Crippen molar-refractivity contribution in [2.24, 2.45) is 7.05 Å². The molecule has 1 N–H and O–H groups in total. The Hall–Kier alpha value is -1.69. The zero-order chi connectivity index (χ0) is 16.8. The SMILES string of the molecule is COC[C@H](Cc1ccccc1)N[C@H]1CCCO[C@@H]1c1nccn1C. The summed E-state index contributed by atoms with van der Waals surface area (Å²) >= 11 is 0. The number of hydrogen-bond acceptors (Lipinski definition) is 4. The lowest BCUT2D eigenvalue weighted by atomic mass is 9.98. The molecule has 5 heteroatoms. The number of methoxy groups -OCH3 is 1. The lowest BCUT2D eigenvalue weighted by Crippen LogP contribution is -2.48. The van der Waals surface area contributed by atoms with Gasteiger partial charge in [-0.1, -0.05) is 30.3 Å². The monoisotopic (exact) mass is 329 g/mol. The Kier molecular flexibility index (Phi) is 6.01. The van der Waals surface area contributed by atoms with Crippen LogP contribution in [-0.4, -0.2) is 42.0 Å². The average molecular weight is 329 g/mol. The van der Waals surface area contributed by atoms with E-state index in [0.29, 0.717) is 6.61 Å². The van der Waals surface area contributed by atoms with E-state index in [1.54, 1.807) is 7.11 Å². The second-order valence-electron chi connectivity index (χ2n) is 6.45. The first-order valence-corrected chi connectivity index (χ1v) is 8.65. The molecule has 24 heavy (non-hydrogen) atoms. The van der Waals surface area contributed by atoms with E-state index in [1.165, 1.54) is 5.56 Å². The standard InChI is InChI=1S/C19H27N3O2/c1-22-11-10-20-19(22)18-17(9-6-12-24-18)21-16(14-23-2)13-15-7-4-3-5-8-15/h3-5,7-8,10-11,16-18,21H,6,9,12-14H2,1-2H3/t16-,17-,18-/m0/s1. The molecule has 1 aliphatic heterocycles. The van der Waals surface area contributed by atoms with Gasteiger partial charge in [0.2, 0.25) is 0 Å². The first kappa shape index (κ1) is 17.1. The van der Waals surface area contributed by atoms with E-state index in [-0.39, 0.29) is 18.2 Å². The minimum atomic E-state index is -0.00567. The highest BCUT2D eigenvalue weighted by atomic mass is 16.5. The van der Waals surface area contributed by atoms with Gasteiger partial charge in [-0.15, -0.1) is 0 Å². The molecule has 1 aromatic heterocycles. The molecule has 0 aliphatic carbocycles. The maximum Gasteiger partial charge on any atom is 0.139 e. The van der Waals surface area contributed by atoms with Crippen LogP contribution in [0.4, 0.5) is 0 Å². The van der Waals surface area contributed by atoms with Crippen LogP contribution in [0.3, 0.4) is 0 Å². The highest BCUT2D eigenvalue weighted by Gasteiger charge is 2.31.